The molecule has 194 valence electrons. The van der Waals surface area contributed by atoms with E-state index in [4.69, 9.17) is 5.73 Å². The molecule has 9 nitrogen and oxygen atoms in total. The molecule has 0 spiro atoms. The summed E-state index contributed by atoms with van der Waals surface area (Å²) >= 11 is 0. The first-order valence-corrected chi connectivity index (χ1v) is 12.4. The molecule has 5 atom stereocenters. The van der Waals surface area contributed by atoms with E-state index in [0.29, 0.717) is 11.1 Å². The number of ketones is 4. The van der Waals surface area contributed by atoms with Gasteiger partial charge in [-0.1, -0.05) is 25.7 Å². The van der Waals surface area contributed by atoms with E-state index in [0.717, 1.165) is 5.56 Å². The minimum absolute atomic E-state index is 0.0435. The number of Topliss-reactive ketones (excluding diaryl/α,β-unsaturated/α-hetero) is 4. The van der Waals surface area contributed by atoms with Crippen molar-refractivity contribution in [3.05, 3.63) is 58.4 Å². The Bertz CT molecular complexity index is 1480. The maximum atomic E-state index is 13.9. The van der Waals surface area contributed by atoms with Crippen LogP contribution >= 0.6 is 0 Å². The molecule has 38 heavy (non-hydrogen) atoms. The van der Waals surface area contributed by atoms with Gasteiger partial charge >= 0.3 is 0 Å². The molecule has 2 aromatic rings. The number of fused-ring (bicyclic) bond motifs is 3. The summed E-state index contributed by atoms with van der Waals surface area (Å²) in [6, 6.07) is 5.20. The molecule has 1 aromatic carbocycles. The molecule has 3 aliphatic carbocycles. The standard InChI is InChI=1S/C29H26N2O7/c1-13(2)18-9-15(6-5-14-4-3-7-31-12-14)24(33)22-19(18)10-16-8-17-11-20(32)23(28(30)37)27(36)29(17,38)26(35)21(16)25(22)34/h3-4,7,9,12-13,16-17,21,23,33,38H,8,10-11H2,1-2H3,(H2,30,37)/t16-,17+,21?,23?,29+/m1/s1. The van der Waals surface area contributed by atoms with E-state index in [1.807, 2.05) is 13.8 Å². The lowest BCUT2D eigenvalue weighted by molar-refractivity contribution is -0.175. The third-order valence-electron chi connectivity index (χ3n) is 8.06. The third kappa shape index (κ3) is 3.67. The Morgan fingerprint density at radius 3 is 2.53 bits per heavy atom. The molecular weight excluding hydrogens is 488 g/mol. The maximum Gasteiger partial charge on any atom is 0.235 e. The minimum atomic E-state index is -2.67. The first-order valence-electron chi connectivity index (χ1n) is 12.4. The van der Waals surface area contributed by atoms with E-state index in [2.05, 4.69) is 16.8 Å². The summed E-state index contributed by atoms with van der Waals surface area (Å²) in [5.74, 6) is -4.58. The van der Waals surface area contributed by atoms with Crippen molar-refractivity contribution in [3.63, 3.8) is 0 Å². The summed E-state index contributed by atoms with van der Waals surface area (Å²) in [7, 11) is 0. The average molecular weight is 515 g/mol. The van der Waals surface area contributed by atoms with Gasteiger partial charge in [-0.2, -0.15) is 0 Å². The third-order valence-corrected chi connectivity index (χ3v) is 8.06. The lowest BCUT2D eigenvalue weighted by Crippen LogP contribution is -2.68. The van der Waals surface area contributed by atoms with Gasteiger partial charge in [-0.15, -0.1) is 0 Å². The molecule has 9 heteroatoms. The number of rotatable bonds is 2. The van der Waals surface area contributed by atoms with Crippen LogP contribution in [0.1, 0.15) is 65.2 Å². The summed E-state index contributed by atoms with van der Waals surface area (Å²) in [6.45, 7) is 3.88. The monoisotopic (exact) mass is 514 g/mol. The van der Waals surface area contributed by atoms with Crippen molar-refractivity contribution in [2.45, 2.75) is 44.6 Å². The molecule has 1 heterocycles. The summed E-state index contributed by atoms with van der Waals surface area (Å²) in [5.41, 5.74) is 4.70. The normalized spacial score (nSPS) is 28.2. The molecule has 1 aromatic heterocycles. The number of phenols is 1. The number of aliphatic hydroxyl groups is 1. The van der Waals surface area contributed by atoms with E-state index < -0.39 is 58.3 Å². The number of hydrogen-bond donors (Lipinski definition) is 3. The Morgan fingerprint density at radius 2 is 1.89 bits per heavy atom. The highest BCUT2D eigenvalue weighted by atomic mass is 16.3. The first-order chi connectivity index (χ1) is 18.0. The highest BCUT2D eigenvalue weighted by molar-refractivity contribution is 6.31. The lowest BCUT2D eigenvalue weighted by Gasteiger charge is -2.48. The summed E-state index contributed by atoms with van der Waals surface area (Å²) < 4.78 is 0. The van der Waals surface area contributed by atoms with Crippen molar-refractivity contribution >= 4 is 29.0 Å². The summed E-state index contributed by atoms with van der Waals surface area (Å²) in [6.07, 6.45) is 3.10. The number of primary amides is 1. The highest BCUT2D eigenvalue weighted by Crippen LogP contribution is 2.51. The van der Waals surface area contributed by atoms with Crippen LogP contribution in [0.25, 0.3) is 0 Å². The Kier molecular flexibility index (Phi) is 6.03. The number of benzene rings is 1. The molecular formula is C29H26N2O7. The second-order valence-electron chi connectivity index (χ2n) is 10.6. The van der Waals surface area contributed by atoms with E-state index in [-0.39, 0.29) is 42.1 Å². The zero-order valence-corrected chi connectivity index (χ0v) is 20.9. The van der Waals surface area contributed by atoms with Gasteiger partial charge in [0.15, 0.2) is 34.7 Å². The molecule has 5 rings (SSSR count). The second kappa shape index (κ2) is 8.99. The molecule has 0 aliphatic heterocycles. The fourth-order valence-electron chi connectivity index (χ4n) is 6.25. The predicted molar refractivity (Wildman–Crippen MR) is 133 cm³/mol. The van der Waals surface area contributed by atoms with Gasteiger partial charge in [0.25, 0.3) is 0 Å². The van der Waals surface area contributed by atoms with Crippen molar-refractivity contribution in [3.8, 4) is 17.6 Å². The largest absolute Gasteiger partial charge is 0.506 e. The fraction of sp³-hybridized carbons (Fsp3) is 0.379. The van der Waals surface area contributed by atoms with Gasteiger partial charge in [0.1, 0.15) is 5.75 Å². The van der Waals surface area contributed by atoms with Gasteiger partial charge in [0.2, 0.25) is 5.91 Å². The smallest absolute Gasteiger partial charge is 0.235 e. The van der Waals surface area contributed by atoms with Crippen LogP contribution < -0.4 is 5.73 Å². The van der Waals surface area contributed by atoms with Crippen LogP contribution in [0.15, 0.2) is 30.6 Å². The number of aromatic nitrogens is 1. The number of nitrogens with two attached hydrogens (primary N) is 1. The van der Waals surface area contributed by atoms with Crippen LogP contribution in [-0.4, -0.2) is 49.8 Å². The molecule has 0 radical (unpaired) electrons. The van der Waals surface area contributed by atoms with Crippen LogP contribution in [-0.2, 0) is 25.6 Å². The number of aromatic hydroxyl groups is 1. The minimum Gasteiger partial charge on any atom is -0.506 e. The van der Waals surface area contributed by atoms with Gasteiger partial charge in [-0.05, 0) is 54.0 Å². The van der Waals surface area contributed by atoms with E-state index in [1.165, 1.54) is 0 Å². The van der Waals surface area contributed by atoms with Gasteiger partial charge in [-0.25, -0.2) is 0 Å². The maximum absolute atomic E-state index is 13.9. The highest BCUT2D eigenvalue weighted by Gasteiger charge is 2.66. The number of amides is 1. The van der Waals surface area contributed by atoms with Crippen molar-refractivity contribution in [1.82, 2.24) is 4.98 Å². The second-order valence-corrected chi connectivity index (χ2v) is 10.6. The van der Waals surface area contributed by atoms with Crippen LogP contribution in [0.3, 0.4) is 0 Å². The Hall–Kier alpha value is -4.16. The van der Waals surface area contributed by atoms with E-state index in [1.54, 1.807) is 30.6 Å². The van der Waals surface area contributed by atoms with E-state index >= 15 is 0 Å². The van der Waals surface area contributed by atoms with Crippen molar-refractivity contribution in [2.75, 3.05) is 0 Å². The zero-order chi connectivity index (χ0) is 27.5. The number of nitrogens with zero attached hydrogens (tertiary/aromatic N) is 1. The van der Waals surface area contributed by atoms with Gasteiger partial charge in [-0.3, -0.25) is 29.0 Å². The molecule has 2 unspecified atom stereocenters. The van der Waals surface area contributed by atoms with Crippen molar-refractivity contribution in [2.24, 2.45) is 29.4 Å². The molecule has 2 fully saturated rings. The van der Waals surface area contributed by atoms with Crippen molar-refractivity contribution < 1.29 is 34.2 Å². The quantitative estimate of drug-likeness (QED) is 0.398. The SMILES string of the molecule is CC(C)c1cc(C#Cc2cccnc2)c(O)c2c1C[C@H]1C[C@H]3CC(=O)C(C(N)=O)C(=O)[C@@]3(O)C(=O)C1C2=O. The van der Waals surface area contributed by atoms with E-state index in [9.17, 15) is 34.2 Å². The molecule has 0 bridgehead atoms. The van der Waals surface area contributed by atoms with Crippen LogP contribution in [0, 0.1) is 35.5 Å². The summed E-state index contributed by atoms with van der Waals surface area (Å²) in [4.78, 5) is 68.9. The topological polar surface area (TPSA) is 165 Å². The predicted octanol–water partition coefficient (Wildman–Crippen LogP) is 1.25. The lowest BCUT2D eigenvalue weighted by atomic mass is 9.53. The summed E-state index contributed by atoms with van der Waals surface area (Å²) in [5, 5.41) is 22.5. The Labute approximate surface area is 218 Å². The van der Waals surface area contributed by atoms with Crippen LogP contribution in [0.5, 0.6) is 5.75 Å². The number of hydrogen-bond acceptors (Lipinski definition) is 8. The van der Waals surface area contributed by atoms with Crippen molar-refractivity contribution in [1.29, 1.82) is 0 Å². The van der Waals surface area contributed by atoms with Gasteiger partial charge in [0, 0.05) is 30.3 Å². The number of pyridine rings is 1. The fourth-order valence-corrected chi connectivity index (χ4v) is 6.25. The van der Waals surface area contributed by atoms with Crippen LogP contribution in [0.2, 0.25) is 0 Å². The molecule has 2 saturated carbocycles. The molecule has 4 N–H and O–H groups in total. The van der Waals surface area contributed by atoms with Gasteiger partial charge < -0.3 is 15.9 Å². The Morgan fingerprint density at radius 1 is 1.16 bits per heavy atom. The zero-order valence-electron chi connectivity index (χ0n) is 20.9. The molecule has 1 amide bonds. The van der Waals surface area contributed by atoms with Crippen LogP contribution in [0.4, 0.5) is 0 Å². The van der Waals surface area contributed by atoms with Gasteiger partial charge in [0.05, 0.1) is 17.0 Å². The first kappa shape index (κ1) is 25.5. The number of carbonyl (C=O) groups is 5. The molecule has 3 aliphatic rings. The average Bonchev–Trinajstić information content (AvgIpc) is 2.86. The number of phenolic OH excluding ortho intramolecular Hbond substituents is 1. The molecule has 0 saturated heterocycles. The number of carbonyl (C=O) groups excluding carboxylic acids is 5. The Balaban J connectivity index is 1.62.